The summed E-state index contributed by atoms with van der Waals surface area (Å²) in [6.45, 7) is 8.46. The highest BCUT2D eigenvalue weighted by Gasteiger charge is 2.50. The molecule has 0 bridgehead atoms. The van der Waals surface area contributed by atoms with Crippen molar-refractivity contribution in [3.63, 3.8) is 0 Å². The second-order valence-electron chi connectivity index (χ2n) is 5.77. The quantitative estimate of drug-likeness (QED) is 0.152. The molecule has 11 nitrogen and oxygen atoms in total. The van der Waals surface area contributed by atoms with E-state index in [9.17, 15) is 14.4 Å². The van der Waals surface area contributed by atoms with Gasteiger partial charge in [-0.05, 0) is 12.5 Å². The smallest absolute Gasteiger partial charge is 0.303 e. The lowest BCUT2D eigenvalue weighted by atomic mass is 9.96. The monoisotopic (exact) mass is 385 g/mol. The molecule has 0 N–H and O–H groups in total. The number of hydrogen-bond acceptors (Lipinski definition) is 9. The largest absolute Gasteiger partial charge is 0.463 e. The van der Waals surface area contributed by atoms with Crippen molar-refractivity contribution < 1.29 is 38.1 Å². The average molecular weight is 385 g/mol. The average Bonchev–Trinajstić information content (AvgIpc) is 2.57. The highest BCUT2D eigenvalue weighted by Crippen LogP contribution is 2.30. The highest BCUT2D eigenvalue weighted by molar-refractivity contribution is 5.68. The molecule has 6 atom stereocenters. The van der Waals surface area contributed by atoms with Crippen LogP contribution >= 0.6 is 0 Å². The zero-order valence-corrected chi connectivity index (χ0v) is 15.6. The van der Waals surface area contributed by atoms with Crippen LogP contribution in [0, 0.1) is 0 Å². The van der Waals surface area contributed by atoms with Crippen molar-refractivity contribution in [3.8, 4) is 0 Å². The van der Waals surface area contributed by atoms with Crippen LogP contribution in [-0.4, -0.2) is 61.3 Å². The molecule has 0 aromatic rings. The topological polar surface area (TPSA) is 146 Å². The summed E-state index contributed by atoms with van der Waals surface area (Å²) < 4.78 is 26.8. The van der Waals surface area contributed by atoms with Crippen molar-refractivity contribution in [1.82, 2.24) is 0 Å². The first-order chi connectivity index (χ1) is 12.7. The Morgan fingerprint density at radius 1 is 1.19 bits per heavy atom. The number of hydrogen-bond donors (Lipinski definition) is 0. The van der Waals surface area contributed by atoms with E-state index in [1.165, 1.54) is 13.0 Å². The number of azide groups is 1. The highest BCUT2D eigenvalue weighted by atomic mass is 16.7. The molecule has 27 heavy (non-hydrogen) atoms. The van der Waals surface area contributed by atoms with Gasteiger partial charge in [-0.3, -0.25) is 14.4 Å². The maximum atomic E-state index is 11.6. The maximum Gasteiger partial charge on any atom is 0.303 e. The molecular formula is C16H23N3O8. The van der Waals surface area contributed by atoms with E-state index in [4.69, 9.17) is 29.2 Å². The van der Waals surface area contributed by atoms with Gasteiger partial charge in [-0.1, -0.05) is 11.2 Å². The molecular weight excluding hydrogens is 362 g/mol. The molecule has 1 saturated heterocycles. The van der Waals surface area contributed by atoms with Crippen LogP contribution in [0.1, 0.15) is 27.7 Å². The van der Waals surface area contributed by atoms with Crippen LogP contribution < -0.4 is 0 Å². The van der Waals surface area contributed by atoms with Crippen LogP contribution in [0.2, 0.25) is 0 Å². The third-order valence-corrected chi connectivity index (χ3v) is 3.54. The molecule has 1 aliphatic heterocycles. The Morgan fingerprint density at radius 3 is 2.26 bits per heavy atom. The molecule has 1 rings (SSSR count). The zero-order valence-electron chi connectivity index (χ0n) is 15.6. The van der Waals surface area contributed by atoms with Crippen molar-refractivity contribution in [3.05, 3.63) is 23.1 Å². The molecule has 0 saturated carbocycles. The molecule has 11 heteroatoms. The van der Waals surface area contributed by atoms with Gasteiger partial charge in [0, 0.05) is 25.7 Å². The van der Waals surface area contributed by atoms with Crippen molar-refractivity contribution in [2.24, 2.45) is 5.11 Å². The van der Waals surface area contributed by atoms with E-state index in [2.05, 4.69) is 16.6 Å². The number of nitrogens with zero attached hydrogens (tertiary/aromatic N) is 3. The van der Waals surface area contributed by atoms with Gasteiger partial charge in [0.25, 0.3) is 0 Å². The minimum atomic E-state index is -1.21. The van der Waals surface area contributed by atoms with Crippen LogP contribution in [0.4, 0.5) is 0 Å². The second kappa shape index (κ2) is 10.5. The second-order valence-corrected chi connectivity index (χ2v) is 5.77. The zero-order chi connectivity index (χ0) is 20.6. The molecule has 1 heterocycles. The van der Waals surface area contributed by atoms with Crippen LogP contribution in [0.5, 0.6) is 0 Å². The standard InChI is InChI=1S/C16H23N3O8/c1-6-8(2)24-16-13(18-19-17)15(26-11(5)22)14(25-10(4)21)12(27-16)7-23-9(3)20/h6,8,12-16H,1,7H2,2-5H3/t8-,12+,13+,14+,15+,16+/m0/s1. The summed E-state index contributed by atoms with van der Waals surface area (Å²) in [5, 5.41) is 3.59. The van der Waals surface area contributed by atoms with Crippen molar-refractivity contribution in [1.29, 1.82) is 0 Å². The van der Waals surface area contributed by atoms with E-state index < -0.39 is 54.7 Å². The van der Waals surface area contributed by atoms with Crippen LogP contribution in [0.3, 0.4) is 0 Å². The van der Waals surface area contributed by atoms with E-state index in [-0.39, 0.29) is 6.61 Å². The maximum absolute atomic E-state index is 11.6. The Morgan fingerprint density at radius 2 is 1.78 bits per heavy atom. The minimum absolute atomic E-state index is 0.295. The van der Waals surface area contributed by atoms with Crippen LogP contribution in [-0.2, 0) is 38.1 Å². The molecule has 0 amide bonds. The summed E-state index contributed by atoms with van der Waals surface area (Å²) in [6.07, 6.45) is -3.58. The van der Waals surface area contributed by atoms with Crippen molar-refractivity contribution in [2.45, 2.75) is 64.4 Å². The third-order valence-electron chi connectivity index (χ3n) is 3.54. The predicted octanol–water partition coefficient (Wildman–Crippen LogP) is 1.41. The first-order valence-electron chi connectivity index (χ1n) is 8.15. The van der Waals surface area contributed by atoms with Gasteiger partial charge in [0.2, 0.25) is 0 Å². The summed E-state index contributed by atoms with van der Waals surface area (Å²) in [4.78, 5) is 37.0. The SMILES string of the molecule is C=C[C@H](C)O[C@@H]1O[C@H](COC(C)=O)[C@@H](OC(C)=O)[C@H](OC(C)=O)[C@H]1N=[N+]=[N-]. The molecule has 150 valence electrons. The van der Waals surface area contributed by atoms with E-state index in [0.29, 0.717) is 0 Å². The molecule has 0 aliphatic carbocycles. The molecule has 0 aromatic heterocycles. The number of carbonyl (C=O) groups excluding carboxylic acids is 3. The first kappa shape index (κ1) is 22.4. The summed E-state index contributed by atoms with van der Waals surface area (Å²) in [7, 11) is 0. The predicted molar refractivity (Wildman–Crippen MR) is 90.1 cm³/mol. The fraction of sp³-hybridized carbons (Fsp3) is 0.688. The number of esters is 3. The van der Waals surface area contributed by atoms with Gasteiger partial charge >= 0.3 is 17.9 Å². The number of ether oxygens (including phenoxy) is 5. The van der Waals surface area contributed by atoms with Crippen LogP contribution in [0.15, 0.2) is 17.8 Å². The molecule has 0 spiro atoms. The van der Waals surface area contributed by atoms with Gasteiger partial charge in [0.05, 0.1) is 6.10 Å². The lowest BCUT2D eigenvalue weighted by Crippen LogP contribution is -2.61. The van der Waals surface area contributed by atoms with Crippen molar-refractivity contribution in [2.75, 3.05) is 6.61 Å². The summed E-state index contributed by atoms with van der Waals surface area (Å²) >= 11 is 0. The summed E-state index contributed by atoms with van der Waals surface area (Å²) in [5.74, 6) is -1.97. The number of rotatable bonds is 8. The van der Waals surface area contributed by atoms with Gasteiger partial charge in [-0.15, -0.1) is 6.58 Å². The van der Waals surface area contributed by atoms with E-state index in [1.54, 1.807) is 6.92 Å². The number of carbonyl (C=O) groups is 3. The molecule has 1 fully saturated rings. The van der Waals surface area contributed by atoms with Gasteiger partial charge in [-0.2, -0.15) is 0 Å². The Balaban J connectivity index is 3.29. The minimum Gasteiger partial charge on any atom is -0.463 e. The Labute approximate surface area is 156 Å². The van der Waals surface area contributed by atoms with E-state index in [0.717, 1.165) is 13.8 Å². The third kappa shape index (κ3) is 6.89. The van der Waals surface area contributed by atoms with E-state index >= 15 is 0 Å². The summed E-state index contributed by atoms with van der Waals surface area (Å²) in [5.41, 5.74) is 8.90. The first-order valence-corrected chi connectivity index (χ1v) is 8.15. The molecule has 0 radical (unpaired) electrons. The Kier molecular flexibility index (Phi) is 8.73. The van der Waals surface area contributed by atoms with Gasteiger partial charge in [-0.25, -0.2) is 0 Å². The van der Waals surface area contributed by atoms with Crippen molar-refractivity contribution >= 4 is 17.9 Å². The fourth-order valence-corrected chi connectivity index (χ4v) is 2.45. The van der Waals surface area contributed by atoms with Gasteiger partial charge in [0.1, 0.15) is 18.8 Å². The summed E-state index contributed by atoms with van der Waals surface area (Å²) in [6, 6.07) is -1.15. The normalized spacial score (nSPS) is 28.2. The molecule has 0 aromatic carbocycles. The molecule has 0 unspecified atom stereocenters. The fourth-order valence-electron chi connectivity index (χ4n) is 2.45. The lowest BCUT2D eigenvalue weighted by molar-refractivity contribution is -0.278. The molecule has 1 aliphatic rings. The van der Waals surface area contributed by atoms with E-state index in [1.807, 2.05) is 0 Å². The van der Waals surface area contributed by atoms with Crippen LogP contribution in [0.25, 0.3) is 10.4 Å². The lowest BCUT2D eigenvalue weighted by Gasteiger charge is -2.43. The Hall–Kier alpha value is -2.62. The van der Waals surface area contributed by atoms with Gasteiger partial charge < -0.3 is 23.7 Å². The van der Waals surface area contributed by atoms with Gasteiger partial charge in [0.15, 0.2) is 18.5 Å². The Bertz CT molecular complexity index is 619.